The first-order valence-corrected chi connectivity index (χ1v) is 10.7. The monoisotopic (exact) mass is 442 g/mol. The summed E-state index contributed by atoms with van der Waals surface area (Å²) in [6.45, 7) is 3.98. The van der Waals surface area contributed by atoms with Crippen molar-refractivity contribution >= 4 is 35.0 Å². The minimum atomic E-state index is -4.36. The maximum absolute atomic E-state index is 13.0. The molecule has 1 saturated heterocycles. The van der Waals surface area contributed by atoms with Crippen LogP contribution in [0.2, 0.25) is 5.02 Å². The van der Waals surface area contributed by atoms with Gasteiger partial charge in [0.1, 0.15) is 0 Å². The van der Waals surface area contributed by atoms with Gasteiger partial charge in [0.2, 0.25) is 5.91 Å². The summed E-state index contributed by atoms with van der Waals surface area (Å²) in [7, 11) is 0. The van der Waals surface area contributed by atoms with E-state index in [-0.39, 0.29) is 11.2 Å². The Balaban J connectivity index is 1.60. The Hall–Kier alpha value is -1.86. The highest BCUT2D eigenvalue weighted by Gasteiger charge is 2.32. The van der Waals surface area contributed by atoms with E-state index in [1.807, 2.05) is 24.0 Å². The third kappa shape index (κ3) is 5.60. The van der Waals surface area contributed by atoms with Gasteiger partial charge in [-0.2, -0.15) is 13.2 Å². The van der Waals surface area contributed by atoms with Crippen LogP contribution in [0.15, 0.2) is 53.4 Å². The van der Waals surface area contributed by atoms with Crippen LogP contribution in [0.4, 0.5) is 18.9 Å². The zero-order valence-electron chi connectivity index (χ0n) is 16.0. The molecule has 1 aliphatic heterocycles. The summed E-state index contributed by atoms with van der Waals surface area (Å²) >= 11 is 7.43. The highest BCUT2D eigenvalue weighted by molar-refractivity contribution is 8.00. The minimum Gasteiger partial charge on any atom is -0.368 e. The Labute approximate surface area is 177 Å². The number of nitrogens with zero attached hydrogens (tertiary/aromatic N) is 2. The zero-order chi connectivity index (χ0) is 21.0. The highest BCUT2D eigenvalue weighted by Crippen LogP contribution is 2.32. The van der Waals surface area contributed by atoms with E-state index in [0.717, 1.165) is 11.0 Å². The predicted octanol–water partition coefficient (Wildman–Crippen LogP) is 5.58. The molecule has 2 aromatic rings. The van der Waals surface area contributed by atoms with E-state index in [9.17, 15) is 18.0 Å². The summed E-state index contributed by atoms with van der Waals surface area (Å²) in [5.74, 6) is 0.0659. The van der Waals surface area contributed by atoms with Crippen LogP contribution in [0, 0.1) is 0 Å². The number of carbonyl (C=O) groups excluding carboxylic acids is 1. The van der Waals surface area contributed by atoms with Gasteiger partial charge in [-0.15, -0.1) is 11.8 Å². The molecule has 0 bridgehead atoms. The van der Waals surface area contributed by atoms with Crippen LogP contribution in [0.1, 0.15) is 18.9 Å². The first-order valence-electron chi connectivity index (χ1n) is 9.41. The number of halogens is 4. The van der Waals surface area contributed by atoms with Gasteiger partial charge in [0.05, 0.1) is 10.8 Å². The van der Waals surface area contributed by atoms with Crippen LogP contribution in [0.3, 0.4) is 0 Å². The van der Waals surface area contributed by atoms with Crippen LogP contribution < -0.4 is 4.90 Å². The van der Waals surface area contributed by atoms with Crippen molar-refractivity contribution in [3.8, 4) is 0 Å². The Morgan fingerprint density at radius 1 is 1.10 bits per heavy atom. The molecular weight excluding hydrogens is 421 g/mol. The van der Waals surface area contributed by atoms with Gasteiger partial charge in [0, 0.05) is 41.8 Å². The molecular formula is C21H22ClF3N2OS. The zero-order valence-corrected chi connectivity index (χ0v) is 17.5. The maximum Gasteiger partial charge on any atom is 0.416 e. The number of hydrogen-bond acceptors (Lipinski definition) is 3. The van der Waals surface area contributed by atoms with E-state index >= 15 is 0 Å². The molecule has 3 nitrogen and oxygen atoms in total. The van der Waals surface area contributed by atoms with Crippen molar-refractivity contribution in [3.63, 3.8) is 0 Å². The maximum atomic E-state index is 13.0. The van der Waals surface area contributed by atoms with Crippen molar-refractivity contribution in [1.82, 2.24) is 4.90 Å². The van der Waals surface area contributed by atoms with E-state index in [0.29, 0.717) is 43.3 Å². The molecule has 0 aliphatic carbocycles. The van der Waals surface area contributed by atoms with E-state index in [4.69, 9.17) is 11.6 Å². The van der Waals surface area contributed by atoms with Gasteiger partial charge in [-0.25, -0.2) is 0 Å². The molecule has 1 heterocycles. The Morgan fingerprint density at radius 3 is 2.34 bits per heavy atom. The molecule has 156 valence electrons. The Bertz CT molecular complexity index is 837. The van der Waals surface area contributed by atoms with E-state index in [1.165, 1.54) is 23.9 Å². The number of thioether (sulfide) groups is 1. The topological polar surface area (TPSA) is 23.6 Å². The summed E-state index contributed by atoms with van der Waals surface area (Å²) in [5.41, 5.74) is -0.117. The summed E-state index contributed by atoms with van der Waals surface area (Å²) in [5, 5.41) is 0.454. The number of anilines is 1. The van der Waals surface area contributed by atoms with Gasteiger partial charge < -0.3 is 9.80 Å². The molecule has 1 aliphatic rings. The predicted molar refractivity (Wildman–Crippen MR) is 112 cm³/mol. The molecule has 8 heteroatoms. The highest BCUT2D eigenvalue weighted by atomic mass is 35.5. The number of rotatable bonds is 5. The van der Waals surface area contributed by atoms with Gasteiger partial charge in [-0.1, -0.05) is 24.6 Å². The van der Waals surface area contributed by atoms with E-state index in [1.54, 1.807) is 23.1 Å². The average molecular weight is 443 g/mol. The molecule has 0 aromatic heterocycles. The third-order valence-electron chi connectivity index (χ3n) is 4.87. The lowest BCUT2D eigenvalue weighted by Gasteiger charge is -2.37. The fourth-order valence-electron chi connectivity index (χ4n) is 3.25. The van der Waals surface area contributed by atoms with Crippen molar-refractivity contribution in [2.24, 2.45) is 0 Å². The quantitative estimate of drug-likeness (QED) is 0.565. The molecule has 1 unspecified atom stereocenters. The van der Waals surface area contributed by atoms with Crippen molar-refractivity contribution in [1.29, 1.82) is 0 Å². The van der Waals surface area contributed by atoms with Crippen LogP contribution in [0.5, 0.6) is 0 Å². The van der Waals surface area contributed by atoms with Crippen molar-refractivity contribution < 1.29 is 18.0 Å². The first kappa shape index (κ1) is 21.8. The summed E-state index contributed by atoms with van der Waals surface area (Å²) in [6.07, 6.45) is -3.67. The number of piperazine rings is 1. The molecule has 3 rings (SSSR count). The lowest BCUT2D eigenvalue weighted by atomic mass is 10.1. The average Bonchev–Trinajstić information content (AvgIpc) is 2.72. The Morgan fingerprint density at radius 2 is 1.76 bits per heavy atom. The molecule has 1 amide bonds. The smallest absolute Gasteiger partial charge is 0.368 e. The molecule has 1 fully saturated rings. The fraction of sp³-hybridized carbons (Fsp3) is 0.381. The molecule has 29 heavy (non-hydrogen) atoms. The molecule has 2 aromatic carbocycles. The van der Waals surface area contributed by atoms with Crippen molar-refractivity contribution in [2.45, 2.75) is 29.7 Å². The summed E-state index contributed by atoms with van der Waals surface area (Å²) in [6, 6.07) is 12.7. The lowest BCUT2D eigenvalue weighted by Crippen LogP contribution is -2.51. The lowest BCUT2D eigenvalue weighted by molar-refractivity contribution is -0.137. The summed E-state index contributed by atoms with van der Waals surface area (Å²) < 4.78 is 38.9. The molecule has 1 atom stereocenters. The summed E-state index contributed by atoms with van der Waals surface area (Å²) in [4.78, 5) is 17.6. The SMILES string of the molecule is CCC(Sc1ccc(Cl)cc1)C(=O)N1CCN(c2cccc(C(F)(F)F)c2)CC1. The van der Waals surface area contributed by atoms with Gasteiger partial charge in [0.25, 0.3) is 0 Å². The van der Waals surface area contributed by atoms with Gasteiger partial charge >= 0.3 is 6.18 Å². The fourth-order valence-corrected chi connectivity index (χ4v) is 4.42. The van der Waals surface area contributed by atoms with E-state index < -0.39 is 11.7 Å². The number of hydrogen-bond donors (Lipinski definition) is 0. The minimum absolute atomic E-state index is 0.0659. The molecule has 0 N–H and O–H groups in total. The molecule has 0 saturated carbocycles. The normalized spacial score (nSPS) is 16.0. The number of amides is 1. The standard InChI is InChI=1S/C21H22ClF3N2OS/c1-2-19(29-18-8-6-16(22)7-9-18)20(28)27-12-10-26(11-13-27)17-5-3-4-15(14-17)21(23,24)25/h3-9,14,19H,2,10-13H2,1H3. The van der Waals surface area contributed by atoms with Crippen molar-refractivity contribution in [3.05, 3.63) is 59.1 Å². The Kier molecular flexibility index (Phi) is 7.01. The van der Waals surface area contributed by atoms with E-state index in [2.05, 4.69) is 0 Å². The van der Waals surface area contributed by atoms with Crippen molar-refractivity contribution in [2.75, 3.05) is 31.1 Å². The van der Waals surface area contributed by atoms with Gasteiger partial charge in [-0.05, 0) is 48.9 Å². The second-order valence-electron chi connectivity index (χ2n) is 6.83. The molecule has 0 radical (unpaired) electrons. The number of alkyl halides is 3. The van der Waals surface area contributed by atoms with Crippen LogP contribution in [0.25, 0.3) is 0 Å². The van der Waals surface area contributed by atoms with Crippen LogP contribution in [-0.2, 0) is 11.0 Å². The largest absolute Gasteiger partial charge is 0.416 e. The first-order chi connectivity index (χ1) is 13.8. The second-order valence-corrected chi connectivity index (χ2v) is 8.54. The van der Waals surface area contributed by atoms with Gasteiger partial charge in [0.15, 0.2) is 0 Å². The van der Waals surface area contributed by atoms with Gasteiger partial charge in [-0.3, -0.25) is 4.79 Å². The van der Waals surface area contributed by atoms with Crippen LogP contribution in [-0.4, -0.2) is 42.2 Å². The van der Waals surface area contributed by atoms with Crippen LogP contribution >= 0.6 is 23.4 Å². The third-order valence-corrected chi connectivity index (χ3v) is 6.48. The second kappa shape index (κ2) is 9.30. The number of carbonyl (C=O) groups is 1. The molecule has 0 spiro atoms. The number of benzene rings is 2.